The van der Waals surface area contributed by atoms with Crippen molar-refractivity contribution < 1.29 is 14.4 Å². The molecule has 0 atom stereocenters. The van der Waals surface area contributed by atoms with Gasteiger partial charge in [-0.05, 0) is 12.1 Å². The highest BCUT2D eigenvalue weighted by molar-refractivity contribution is 6.33. The molecular weight excluding hydrogens is 282 g/mol. The van der Waals surface area contributed by atoms with Gasteiger partial charge in [0.1, 0.15) is 12.3 Å². The van der Waals surface area contributed by atoms with Crippen LogP contribution in [0.4, 0.5) is 0 Å². The first kappa shape index (κ1) is 14.1. The standard InChI is InChI=1S/C13H12ClN3O3/c1-19-13(18)11-10(8-15-20-2)12(14)17(16-11)9-6-4-3-5-7-9/h3-8H,1-2H3/b15-8-. The molecule has 2 rings (SSSR count). The summed E-state index contributed by atoms with van der Waals surface area (Å²) in [7, 11) is 2.67. The van der Waals surface area contributed by atoms with Gasteiger partial charge in [0.15, 0.2) is 5.69 Å². The van der Waals surface area contributed by atoms with Crippen LogP contribution < -0.4 is 0 Å². The van der Waals surface area contributed by atoms with Crippen LogP contribution in [0.1, 0.15) is 16.1 Å². The minimum Gasteiger partial charge on any atom is -0.464 e. The fourth-order valence-corrected chi connectivity index (χ4v) is 1.89. The van der Waals surface area contributed by atoms with Gasteiger partial charge in [0.25, 0.3) is 0 Å². The predicted molar refractivity (Wildman–Crippen MR) is 74.5 cm³/mol. The molecule has 20 heavy (non-hydrogen) atoms. The van der Waals surface area contributed by atoms with Crippen molar-refractivity contribution in [2.45, 2.75) is 0 Å². The summed E-state index contributed by atoms with van der Waals surface area (Å²) in [5.74, 6) is -0.598. The average Bonchev–Trinajstić information content (AvgIpc) is 2.82. The van der Waals surface area contributed by atoms with Crippen LogP contribution >= 0.6 is 11.6 Å². The van der Waals surface area contributed by atoms with Crippen molar-refractivity contribution in [2.24, 2.45) is 5.16 Å². The number of carbonyl (C=O) groups is 1. The van der Waals surface area contributed by atoms with Crippen molar-refractivity contribution >= 4 is 23.8 Å². The summed E-state index contributed by atoms with van der Waals surface area (Å²) >= 11 is 6.25. The fraction of sp³-hybridized carbons (Fsp3) is 0.154. The molecule has 1 heterocycles. The molecule has 104 valence electrons. The maximum absolute atomic E-state index is 11.7. The minimum atomic E-state index is -0.598. The first-order chi connectivity index (χ1) is 9.69. The van der Waals surface area contributed by atoms with E-state index in [1.54, 1.807) is 0 Å². The van der Waals surface area contributed by atoms with E-state index < -0.39 is 5.97 Å². The Balaban J connectivity index is 2.58. The number of carbonyl (C=O) groups excluding carboxylic acids is 1. The van der Waals surface area contributed by atoms with Crippen LogP contribution in [0, 0.1) is 0 Å². The van der Waals surface area contributed by atoms with Crippen LogP contribution in [0.3, 0.4) is 0 Å². The number of para-hydroxylation sites is 1. The molecule has 0 fully saturated rings. The van der Waals surface area contributed by atoms with Crippen molar-refractivity contribution in [1.29, 1.82) is 0 Å². The number of hydrogen-bond donors (Lipinski definition) is 0. The van der Waals surface area contributed by atoms with E-state index in [1.807, 2.05) is 30.3 Å². The molecule has 0 saturated heterocycles. The Bertz CT molecular complexity index is 638. The van der Waals surface area contributed by atoms with Gasteiger partial charge in [-0.1, -0.05) is 35.0 Å². The molecule has 0 aliphatic heterocycles. The molecular formula is C13H12ClN3O3. The summed E-state index contributed by atoms with van der Waals surface area (Å²) in [6.45, 7) is 0. The molecule has 0 aliphatic carbocycles. The molecule has 1 aromatic heterocycles. The van der Waals surface area contributed by atoms with Gasteiger partial charge in [-0.15, -0.1) is 0 Å². The van der Waals surface area contributed by atoms with E-state index in [1.165, 1.54) is 25.1 Å². The lowest BCUT2D eigenvalue weighted by Gasteiger charge is -2.01. The molecule has 0 radical (unpaired) electrons. The molecule has 0 amide bonds. The second-order valence-electron chi connectivity index (χ2n) is 3.71. The lowest BCUT2D eigenvalue weighted by Crippen LogP contribution is -2.06. The Morgan fingerprint density at radius 2 is 2.05 bits per heavy atom. The van der Waals surface area contributed by atoms with E-state index in [4.69, 9.17) is 11.6 Å². The van der Waals surface area contributed by atoms with Crippen molar-refractivity contribution in [2.75, 3.05) is 14.2 Å². The highest BCUT2D eigenvalue weighted by atomic mass is 35.5. The number of rotatable bonds is 4. The Morgan fingerprint density at radius 3 is 2.65 bits per heavy atom. The minimum absolute atomic E-state index is 0.0714. The first-order valence-electron chi connectivity index (χ1n) is 5.67. The number of aromatic nitrogens is 2. The third-order valence-corrected chi connectivity index (χ3v) is 2.89. The average molecular weight is 294 g/mol. The fourth-order valence-electron chi connectivity index (χ4n) is 1.62. The predicted octanol–water partition coefficient (Wildman–Crippen LogP) is 2.29. The highest BCUT2D eigenvalue weighted by Crippen LogP contribution is 2.23. The molecule has 0 saturated carbocycles. The topological polar surface area (TPSA) is 65.7 Å². The number of hydrogen-bond acceptors (Lipinski definition) is 5. The molecule has 0 N–H and O–H groups in total. The van der Waals surface area contributed by atoms with E-state index in [2.05, 4.69) is 19.8 Å². The molecule has 2 aromatic rings. The number of benzene rings is 1. The van der Waals surface area contributed by atoms with Gasteiger partial charge < -0.3 is 9.57 Å². The van der Waals surface area contributed by atoms with Crippen LogP contribution in [0.15, 0.2) is 35.5 Å². The smallest absolute Gasteiger partial charge is 0.359 e. The molecule has 0 unspecified atom stereocenters. The van der Waals surface area contributed by atoms with E-state index in [0.717, 1.165) is 5.69 Å². The lowest BCUT2D eigenvalue weighted by atomic mass is 10.2. The number of halogens is 1. The van der Waals surface area contributed by atoms with E-state index >= 15 is 0 Å². The normalized spacial score (nSPS) is 10.8. The molecule has 1 aromatic carbocycles. The third-order valence-electron chi connectivity index (χ3n) is 2.53. The molecule has 0 aliphatic rings. The molecule has 0 spiro atoms. The second kappa shape index (κ2) is 6.21. The number of oxime groups is 1. The zero-order valence-corrected chi connectivity index (χ0v) is 11.7. The zero-order valence-electron chi connectivity index (χ0n) is 10.9. The summed E-state index contributed by atoms with van der Waals surface area (Å²) in [6, 6.07) is 9.19. The molecule has 7 heteroatoms. The van der Waals surface area contributed by atoms with Crippen LogP contribution in [-0.2, 0) is 9.57 Å². The van der Waals surface area contributed by atoms with Gasteiger partial charge >= 0.3 is 5.97 Å². The zero-order chi connectivity index (χ0) is 14.5. The van der Waals surface area contributed by atoms with Crippen molar-refractivity contribution in [3.8, 4) is 5.69 Å². The van der Waals surface area contributed by atoms with Crippen molar-refractivity contribution in [3.05, 3.63) is 46.7 Å². The van der Waals surface area contributed by atoms with E-state index in [-0.39, 0.29) is 10.8 Å². The number of nitrogens with zero attached hydrogens (tertiary/aromatic N) is 3. The van der Waals surface area contributed by atoms with Crippen LogP contribution in [0.5, 0.6) is 0 Å². The quantitative estimate of drug-likeness (QED) is 0.493. The van der Waals surface area contributed by atoms with Crippen LogP contribution in [-0.4, -0.2) is 36.2 Å². The Kier molecular flexibility index (Phi) is 4.37. The maximum atomic E-state index is 11.7. The molecule has 6 nitrogen and oxygen atoms in total. The van der Waals surface area contributed by atoms with Gasteiger partial charge in [0.05, 0.1) is 24.6 Å². The first-order valence-corrected chi connectivity index (χ1v) is 6.05. The SMILES string of the molecule is CO/N=C\c1c(C(=O)OC)nn(-c2ccccc2)c1Cl. The summed E-state index contributed by atoms with van der Waals surface area (Å²) in [5, 5.41) is 8.03. The monoisotopic (exact) mass is 293 g/mol. The molecule has 0 bridgehead atoms. The second-order valence-corrected chi connectivity index (χ2v) is 4.07. The van der Waals surface area contributed by atoms with Crippen molar-refractivity contribution in [1.82, 2.24) is 9.78 Å². The van der Waals surface area contributed by atoms with E-state index in [0.29, 0.717) is 5.56 Å². The highest BCUT2D eigenvalue weighted by Gasteiger charge is 2.22. The lowest BCUT2D eigenvalue weighted by molar-refractivity contribution is 0.0593. The third kappa shape index (κ3) is 2.65. The van der Waals surface area contributed by atoms with Crippen LogP contribution in [0.2, 0.25) is 5.15 Å². The van der Waals surface area contributed by atoms with Gasteiger partial charge in [-0.2, -0.15) is 5.10 Å². The number of ether oxygens (including phenoxy) is 1. The van der Waals surface area contributed by atoms with Gasteiger partial charge in [0.2, 0.25) is 0 Å². The van der Waals surface area contributed by atoms with Crippen molar-refractivity contribution in [3.63, 3.8) is 0 Å². The summed E-state index contributed by atoms with van der Waals surface area (Å²) in [5.41, 5.74) is 1.13. The summed E-state index contributed by atoms with van der Waals surface area (Å²) in [4.78, 5) is 16.3. The largest absolute Gasteiger partial charge is 0.464 e. The Labute approximate surface area is 120 Å². The Hall–Kier alpha value is -2.34. The number of esters is 1. The Morgan fingerprint density at radius 1 is 1.35 bits per heavy atom. The van der Waals surface area contributed by atoms with Gasteiger partial charge in [-0.25, -0.2) is 9.48 Å². The summed E-state index contributed by atoms with van der Waals surface area (Å²) < 4.78 is 6.12. The maximum Gasteiger partial charge on any atom is 0.359 e. The van der Waals surface area contributed by atoms with E-state index in [9.17, 15) is 4.79 Å². The van der Waals surface area contributed by atoms with Gasteiger partial charge in [-0.3, -0.25) is 0 Å². The number of methoxy groups -OCH3 is 1. The van der Waals surface area contributed by atoms with Crippen LogP contribution in [0.25, 0.3) is 5.69 Å². The van der Waals surface area contributed by atoms with Gasteiger partial charge in [0, 0.05) is 0 Å². The summed E-state index contributed by atoms with van der Waals surface area (Å²) in [6.07, 6.45) is 1.32.